The summed E-state index contributed by atoms with van der Waals surface area (Å²) in [5.74, 6) is -1.17. The summed E-state index contributed by atoms with van der Waals surface area (Å²) >= 11 is 0. The predicted octanol–water partition coefficient (Wildman–Crippen LogP) is 5.98. The number of aromatic nitrogens is 5. The minimum Gasteiger partial charge on any atom is -0.406 e. The summed E-state index contributed by atoms with van der Waals surface area (Å²) in [5.41, 5.74) is 3.35. The second-order valence-electron chi connectivity index (χ2n) is 10.6. The minimum atomic E-state index is -4.83. The lowest BCUT2D eigenvalue weighted by Crippen LogP contribution is -2.30. The topological polar surface area (TPSA) is 129 Å². The minimum absolute atomic E-state index is 0.0370. The number of benzene rings is 3. The van der Waals surface area contributed by atoms with Crippen LogP contribution in [0.3, 0.4) is 0 Å². The highest BCUT2D eigenvalue weighted by Gasteiger charge is 2.31. The van der Waals surface area contributed by atoms with E-state index in [0.29, 0.717) is 22.2 Å². The molecule has 0 aliphatic heterocycles. The Bertz CT molecular complexity index is 1710. The summed E-state index contributed by atoms with van der Waals surface area (Å²) in [4.78, 5) is 30.9. The molecule has 216 valence electrons. The van der Waals surface area contributed by atoms with Crippen LogP contribution in [0.15, 0.2) is 72.8 Å². The van der Waals surface area contributed by atoms with Gasteiger partial charge < -0.3 is 14.6 Å². The molecule has 2 amide bonds. The maximum atomic E-state index is 13.9. The first kappa shape index (κ1) is 28.3. The van der Waals surface area contributed by atoms with E-state index in [1.807, 2.05) is 24.3 Å². The zero-order valence-electron chi connectivity index (χ0n) is 22.8. The molecule has 13 heteroatoms. The summed E-state index contributed by atoms with van der Waals surface area (Å²) in [6, 6.07) is 19.6. The molecule has 0 saturated carbocycles. The predicted molar refractivity (Wildman–Crippen MR) is 149 cm³/mol. The number of halogens is 3. The number of hydrogen-bond acceptors (Lipinski definition) is 6. The number of alkyl halides is 3. The Morgan fingerprint density at radius 2 is 1.67 bits per heavy atom. The zero-order chi connectivity index (χ0) is 30.1. The molecule has 0 unspecified atom stereocenters. The van der Waals surface area contributed by atoms with Crippen LogP contribution in [0.25, 0.3) is 10.9 Å². The summed E-state index contributed by atoms with van der Waals surface area (Å²) in [6.07, 6.45) is -4.83. The van der Waals surface area contributed by atoms with Crippen LogP contribution in [-0.2, 0) is 12.0 Å². The first-order chi connectivity index (χ1) is 19.9. The first-order valence-electron chi connectivity index (χ1n) is 12.8. The van der Waals surface area contributed by atoms with Crippen molar-refractivity contribution in [3.8, 4) is 5.75 Å². The molecule has 5 rings (SSSR count). The maximum Gasteiger partial charge on any atom is 0.573 e. The average Bonchev–Trinajstić information content (AvgIpc) is 3.60. The van der Waals surface area contributed by atoms with Gasteiger partial charge >= 0.3 is 6.36 Å². The van der Waals surface area contributed by atoms with Crippen LogP contribution >= 0.6 is 0 Å². The van der Waals surface area contributed by atoms with Crippen molar-refractivity contribution in [3.63, 3.8) is 0 Å². The van der Waals surface area contributed by atoms with E-state index in [0.717, 1.165) is 11.1 Å². The van der Waals surface area contributed by atoms with Gasteiger partial charge in [0.1, 0.15) is 11.4 Å². The molecule has 0 bridgehead atoms. The van der Waals surface area contributed by atoms with E-state index in [4.69, 9.17) is 0 Å². The van der Waals surface area contributed by atoms with Gasteiger partial charge in [-0.2, -0.15) is 5.21 Å². The van der Waals surface area contributed by atoms with Crippen molar-refractivity contribution in [2.75, 3.05) is 10.2 Å². The van der Waals surface area contributed by atoms with E-state index < -0.39 is 18.2 Å². The quantitative estimate of drug-likeness (QED) is 0.218. The molecule has 3 aromatic carbocycles. The molecule has 5 aromatic rings. The molecule has 42 heavy (non-hydrogen) atoms. The number of nitrogens with one attached hydrogen (secondary N) is 3. The Hall–Kier alpha value is -5.20. The van der Waals surface area contributed by atoms with E-state index in [-0.39, 0.29) is 29.4 Å². The smallest absolute Gasteiger partial charge is 0.406 e. The van der Waals surface area contributed by atoms with Crippen LogP contribution in [-0.4, -0.2) is 43.8 Å². The third-order valence-corrected chi connectivity index (χ3v) is 6.47. The van der Waals surface area contributed by atoms with Crippen LogP contribution in [0.4, 0.5) is 24.8 Å². The number of ether oxygens (including phenoxy) is 1. The van der Waals surface area contributed by atoms with Crippen molar-refractivity contribution < 1.29 is 27.5 Å². The number of hydrogen-bond donors (Lipinski definition) is 3. The highest BCUT2D eigenvalue weighted by Crippen LogP contribution is 2.30. The Morgan fingerprint density at radius 1 is 0.952 bits per heavy atom. The number of rotatable bonds is 7. The van der Waals surface area contributed by atoms with Crippen LogP contribution in [0.5, 0.6) is 5.75 Å². The van der Waals surface area contributed by atoms with Crippen LogP contribution in [0.1, 0.15) is 52.7 Å². The second-order valence-corrected chi connectivity index (χ2v) is 10.6. The molecule has 2 aromatic heterocycles. The summed E-state index contributed by atoms with van der Waals surface area (Å²) in [7, 11) is 0. The standard InChI is InChI=1S/C29H26F3N7O3/c1-28(2,3)20-8-10-21(11-9-20)39(16-17-4-6-18(7-5-17)25(40)34-27-35-37-38-36-27)26(41)24-15-19-14-22(42-29(30,31)32)12-13-23(19)33-24/h4-15,33H,16H2,1-3H3,(H2,34,35,36,37,38,40). The Balaban J connectivity index is 1.43. The van der Waals surface area contributed by atoms with Gasteiger partial charge in [0, 0.05) is 22.2 Å². The molecular weight excluding hydrogens is 551 g/mol. The van der Waals surface area contributed by atoms with E-state index in [9.17, 15) is 22.8 Å². The van der Waals surface area contributed by atoms with Crippen LogP contribution in [0, 0.1) is 0 Å². The number of anilines is 2. The van der Waals surface area contributed by atoms with Crippen molar-refractivity contribution in [1.82, 2.24) is 25.6 Å². The third kappa shape index (κ3) is 6.57. The highest BCUT2D eigenvalue weighted by molar-refractivity contribution is 6.07. The fraction of sp³-hybridized carbons (Fsp3) is 0.207. The monoisotopic (exact) mass is 577 g/mol. The zero-order valence-corrected chi connectivity index (χ0v) is 22.8. The Kier molecular flexibility index (Phi) is 7.42. The van der Waals surface area contributed by atoms with E-state index in [1.54, 1.807) is 29.2 Å². The molecule has 0 atom stereocenters. The van der Waals surface area contributed by atoms with Gasteiger partial charge in [0.25, 0.3) is 17.8 Å². The number of aromatic amines is 2. The molecule has 2 heterocycles. The molecule has 0 spiro atoms. The number of fused-ring (bicyclic) bond motifs is 1. The van der Waals surface area contributed by atoms with E-state index in [2.05, 4.69) is 56.4 Å². The molecule has 0 saturated heterocycles. The van der Waals surface area contributed by atoms with Gasteiger partial charge in [0.05, 0.1) is 6.54 Å². The first-order valence-corrected chi connectivity index (χ1v) is 12.8. The third-order valence-electron chi connectivity index (χ3n) is 6.47. The molecule has 3 N–H and O–H groups in total. The van der Waals surface area contributed by atoms with Crippen molar-refractivity contribution in [2.24, 2.45) is 0 Å². The van der Waals surface area contributed by atoms with Gasteiger partial charge in [-0.3, -0.25) is 14.9 Å². The number of carbonyl (C=O) groups is 2. The lowest BCUT2D eigenvalue weighted by Gasteiger charge is -2.25. The van der Waals surface area contributed by atoms with Gasteiger partial charge in [-0.05, 0) is 70.3 Å². The maximum absolute atomic E-state index is 13.9. The van der Waals surface area contributed by atoms with E-state index >= 15 is 0 Å². The summed E-state index contributed by atoms with van der Waals surface area (Å²) in [5, 5.41) is 15.9. The number of amides is 2. The lowest BCUT2D eigenvalue weighted by molar-refractivity contribution is -0.274. The summed E-state index contributed by atoms with van der Waals surface area (Å²) in [6.45, 7) is 6.41. The molecule has 0 radical (unpaired) electrons. The number of carbonyl (C=O) groups excluding carboxylic acids is 2. The molecular formula is C29H26F3N7O3. The number of nitrogens with zero attached hydrogens (tertiary/aromatic N) is 4. The van der Waals surface area contributed by atoms with Gasteiger partial charge in [-0.1, -0.05) is 50.1 Å². The highest BCUT2D eigenvalue weighted by atomic mass is 19.4. The van der Waals surface area contributed by atoms with Gasteiger partial charge in [-0.15, -0.1) is 18.3 Å². The van der Waals surface area contributed by atoms with Gasteiger partial charge in [0.2, 0.25) is 0 Å². The Morgan fingerprint density at radius 3 is 2.29 bits per heavy atom. The number of tetrazole rings is 1. The fourth-order valence-corrected chi connectivity index (χ4v) is 4.32. The summed E-state index contributed by atoms with van der Waals surface area (Å²) < 4.78 is 42.1. The SMILES string of the molecule is CC(C)(C)c1ccc(N(Cc2ccc(C(=O)Nc3nn[nH]n3)cc2)C(=O)c2cc3cc(OC(F)(F)F)ccc3[nH]2)cc1. The Labute approximate surface area is 237 Å². The van der Waals surface area contributed by atoms with Crippen molar-refractivity contribution in [1.29, 1.82) is 0 Å². The molecule has 0 fully saturated rings. The average molecular weight is 578 g/mol. The van der Waals surface area contributed by atoms with Crippen LogP contribution in [0.2, 0.25) is 0 Å². The second kappa shape index (κ2) is 11.0. The van der Waals surface area contributed by atoms with Crippen molar-refractivity contribution >= 4 is 34.4 Å². The normalized spacial score (nSPS) is 11.9. The van der Waals surface area contributed by atoms with Crippen molar-refractivity contribution in [3.05, 3.63) is 95.2 Å². The lowest BCUT2D eigenvalue weighted by atomic mass is 9.87. The molecule has 10 nitrogen and oxygen atoms in total. The largest absolute Gasteiger partial charge is 0.573 e. The van der Waals surface area contributed by atoms with Crippen LogP contribution < -0.4 is 15.0 Å². The fourth-order valence-electron chi connectivity index (χ4n) is 4.32. The van der Waals surface area contributed by atoms with E-state index in [1.165, 1.54) is 24.3 Å². The van der Waals surface area contributed by atoms with Crippen molar-refractivity contribution in [2.45, 2.75) is 39.1 Å². The molecule has 0 aliphatic rings. The van der Waals surface area contributed by atoms with Gasteiger partial charge in [-0.25, -0.2) is 0 Å². The number of H-pyrrole nitrogens is 2. The molecule has 0 aliphatic carbocycles. The van der Waals surface area contributed by atoms with Gasteiger partial charge in [0.15, 0.2) is 0 Å².